The molecular weight excluding hydrogens is 234 g/mol. The summed E-state index contributed by atoms with van der Waals surface area (Å²) in [5, 5.41) is 15.3. The highest BCUT2D eigenvalue weighted by Crippen LogP contribution is 2.08. The van der Waals surface area contributed by atoms with Gasteiger partial charge < -0.3 is 15.7 Å². The number of aromatic nitrogens is 1. The Morgan fingerprint density at radius 1 is 1.50 bits per heavy atom. The van der Waals surface area contributed by atoms with Crippen LogP contribution >= 0.6 is 0 Å². The molecule has 1 aliphatic rings. The Morgan fingerprint density at radius 2 is 2.33 bits per heavy atom. The number of aromatic hydroxyl groups is 1. The van der Waals surface area contributed by atoms with Crippen molar-refractivity contribution in [1.82, 2.24) is 15.6 Å². The summed E-state index contributed by atoms with van der Waals surface area (Å²) >= 11 is 0. The van der Waals surface area contributed by atoms with Crippen LogP contribution in [0.1, 0.15) is 29.6 Å². The van der Waals surface area contributed by atoms with Gasteiger partial charge in [0.25, 0.3) is 11.5 Å². The van der Waals surface area contributed by atoms with Crippen LogP contribution in [0.5, 0.6) is 5.88 Å². The van der Waals surface area contributed by atoms with Crippen LogP contribution < -0.4 is 16.2 Å². The highest BCUT2D eigenvalue weighted by molar-refractivity contribution is 5.94. The number of pyridine rings is 1. The summed E-state index contributed by atoms with van der Waals surface area (Å²) in [7, 11) is 0. The third-order valence-corrected chi connectivity index (χ3v) is 3.03. The van der Waals surface area contributed by atoms with Gasteiger partial charge in [0, 0.05) is 24.7 Å². The molecule has 0 spiro atoms. The van der Waals surface area contributed by atoms with Crippen LogP contribution in [0.4, 0.5) is 0 Å². The number of hydrogen-bond donors (Lipinski definition) is 4. The average molecular weight is 251 g/mol. The molecule has 6 nitrogen and oxygen atoms in total. The predicted octanol–water partition coefficient (Wildman–Crippen LogP) is -0.0476. The van der Waals surface area contributed by atoms with Gasteiger partial charge in [-0.05, 0) is 25.8 Å². The number of aromatic amines is 1. The van der Waals surface area contributed by atoms with Gasteiger partial charge in [0.15, 0.2) is 5.88 Å². The molecule has 0 bridgehead atoms. The lowest BCUT2D eigenvalue weighted by Gasteiger charge is -2.10. The molecular formula is C12H17N3O3. The molecule has 1 saturated heterocycles. The second-order valence-electron chi connectivity index (χ2n) is 4.46. The Kier molecular flexibility index (Phi) is 3.99. The second kappa shape index (κ2) is 5.68. The number of amides is 1. The number of carbonyl (C=O) groups is 1. The lowest BCUT2D eigenvalue weighted by Crippen LogP contribution is -2.31. The summed E-state index contributed by atoms with van der Waals surface area (Å²) < 4.78 is 0. The molecule has 98 valence electrons. The van der Waals surface area contributed by atoms with Gasteiger partial charge in [0.05, 0.1) is 5.56 Å². The van der Waals surface area contributed by atoms with E-state index in [4.69, 9.17) is 0 Å². The van der Waals surface area contributed by atoms with Crippen LogP contribution in [0.3, 0.4) is 0 Å². The highest BCUT2D eigenvalue weighted by atomic mass is 16.3. The van der Waals surface area contributed by atoms with Crippen molar-refractivity contribution < 1.29 is 9.90 Å². The minimum Gasteiger partial charge on any atom is -0.494 e. The minimum atomic E-state index is -0.488. The molecule has 6 heteroatoms. The van der Waals surface area contributed by atoms with Gasteiger partial charge in [0.1, 0.15) is 0 Å². The first-order valence-corrected chi connectivity index (χ1v) is 6.10. The maximum absolute atomic E-state index is 11.7. The van der Waals surface area contributed by atoms with Gasteiger partial charge in [-0.15, -0.1) is 0 Å². The molecule has 2 heterocycles. The molecule has 1 aromatic rings. The van der Waals surface area contributed by atoms with E-state index >= 15 is 0 Å². The van der Waals surface area contributed by atoms with E-state index in [1.807, 2.05) is 0 Å². The van der Waals surface area contributed by atoms with Crippen molar-refractivity contribution >= 4 is 5.91 Å². The first-order chi connectivity index (χ1) is 8.65. The molecule has 1 aromatic heterocycles. The van der Waals surface area contributed by atoms with Crippen molar-refractivity contribution in [3.05, 3.63) is 28.0 Å². The minimum absolute atomic E-state index is 0.177. The maximum Gasteiger partial charge on any atom is 0.251 e. The van der Waals surface area contributed by atoms with E-state index < -0.39 is 5.56 Å². The average Bonchev–Trinajstić information content (AvgIpc) is 2.80. The van der Waals surface area contributed by atoms with Crippen molar-refractivity contribution in [2.24, 2.45) is 0 Å². The molecule has 1 amide bonds. The molecule has 0 unspecified atom stereocenters. The van der Waals surface area contributed by atoms with E-state index in [1.165, 1.54) is 18.6 Å². The van der Waals surface area contributed by atoms with E-state index in [0.717, 1.165) is 19.4 Å². The van der Waals surface area contributed by atoms with Crippen molar-refractivity contribution in [3.63, 3.8) is 0 Å². The van der Waals surface area contributed by atoms with Crippen LogP contribution in [0.15, 0.2) is 16.9 Å². The zero-order valence-electron chi connectivity index (χ0n) is 10.0. The predicted molar refractivity (Wildman–Crippen MR) is 66.7 cm³/mol. The summed E-state index contributed by atoms with van der Waals surface area (Å²) in [4.78, 5) is 25.0. The van der Waals surface area contributed by atoms with Gasteiger partial charge in [-0.25, -0.2) is 0 Å². The molecule has 0 saturated carbocycles. The van der Waals surface area contributed by atoms with Crippen LogP contribution in [-0.4, -0.2) is 35.1 Å². The molecule has 1 fully saturated rings. The van der Waals surface area contributed by atoms with Crippen LogP contribution in [0.2, 0.25) is 0 Å². The van der Waals surface area contributed by atoms with Crippen molar-refractivity contribution in [2.75, 3.05) is 13.1 Å². The lowest BCUT2D eigenvalue weighted by atomic mass is 10.1. The third kappa shape index (κ3) is 3.33. The number of carbonyl (C=O) groups excluding carboxylic acids is 1. The fourth-order valence-corrected chi connectivity index (χ4v) is 2.12. The number of hydrogen-bond acceptors (Lipinski definition) is 4. The highest BCUT2D eigenvalue weighted by Gasteiger charge is 2.14. The monoisotopic (exact) mass is 251 g/mol. The maximum atomic E-state index is 11.7. The summed E-state index contributed by atoms with van der Waals surface area (Å²) in [6.45, 7) is 1.60. The van der Waals surface area contributed by atoms with E-state index in [1.54, 1.807) is 0 Å². The Bertz CT molecular complexity index is 478. The Labute approximate surface area is 104 Å². The molecule has 1 aliphatic heterocycles. The molecule has 0 aromatic carbocycles. The van der Waals surface area contributed by atoms with Gasteiger partial charge in [-0.1, -0.05) is 0 Å². The fraction of sp³-hybridized carbons (Fsp3) is 0.500. The Balaban J connectivity index is 1.85. The van der Waals surface area contributed by atoms with Crippen molar-refractivity contribution in [1.29, 1.82) is 0 Å². The van der Waals surface area contributed by atoms with E-state index in [0.29, 0.717) is 12.6 Å². The standard InChI is InChI=1S/C12H17N3O3/c16-10-6-8(7-11(17)15-10)12(18)14-5-3-9-2-1-4-13-9/h6-7,9,13H,1-5H2,(H,14,18)(H2,15,16,17)/t9-/m1/s1. The molecule has 4 N–H and O–H groups in total. The van der Waals surface area contributed by atoms with Crippen molar-refractivity contribution in [3.8, 4) is 5.88 Å². The zero-order chi connectivity index (χ0) is 13.0. The van der Waals surface area contributed by atoms with Crippen molar-refractivity contribution in [2.45, 2.75) is 25.3 Å². The van der Waals surface area contributed by atoms with E-state index in [-0.39, 0.29) is 17.4 Å². The molecule has 2 rings (SSSR count). The first kappa shape index (κ1) is 12.6. The van der Waals surface area contributed by atoms with E-state index in [9.17, 15) is 14.7 Å². The van der Waals surface area contributed by atoms with E-state index in [2.05, 4.69) is 15.6 Å². The molecule has 0 aliphatic carbocycles. The zero-order valence-corrected chi connectivity index (χ0v) is 10.0. The number of nitrogens with one attached hydrogen (secondary N) is 3. The van der Waals surface area contributed by atoms with Gasteiger partial charge in [0.2, 0.25) is 0 Å². The fourth-order valence-electron chi connectivity index (χ4n) is 2.12. The normalized spacial score (nSPS) is 18.8. The topological polar surface area (TPSA) is 94.2 Å². The first-order valence-electron chi connectivity index (χ1n) is 6.10. The summed E-state index contributed by atoms with van der Waals surface area (Å²) in [6, 6.07) is 2.88. The smallest absolute Gasteiger partial charge is 0.251 e. The van der Waals surface area contributed by atoms with Gasteiger partial charge in [-0.2, -0.15) is 0 Å². The van der Waals surface area contributed by atoms with Crippen LogP contribution in [0, 0.1) is 0 Å². The van der Waals surface area contributed by atoms with Gasteiger partial charge in [-0.3, -0.25) is 14.6 Å². The van der Waals surface area contributed by atoms with Crippen LogP contribution in [0.25, 0.3) is 0 Å². The van der Waals surface area contributed by atoms with Crippen LogP contribution in [-0.2, 0) is 0 Å². The Hall–Kier alpha value is -1.82. The third-order valence-electron chi connectivity index (χ3n) is 3.03. The quantitative estimate of drug-likeness (QED) is 0.603. The Morgan fingerprint density at radius 3 is 3.00 bits per heavy atom. The number of H-pyrrole nitrogens is 1. The summed E-state index contributed by atoms with van der Waals surface area (Å²) in [5.74, 6) is -0.639. The summed E-state index contributed by atoms with van der Waals surface area (Å²) in [5.41, 5.74) is -0.312. The largest absolute Gasteiger partial charge is 0.494 e. The van der Waals surface area contributed by atoms with Gasteiger partial charge >= 0.3 is 0 Å². The SMILES string of the molecule is O=C(NCC[C@H]1CCCN1)c1cc(O)[nH]c(=O)c1. The second-order valence-corrected chi connectivity index (χ2v) is 4.46. The molecule has 1 atom stereocenters. The number of rotatable bonds is 4. The molecule has 18 heavy (non-hydrogen) atoms. The summed E-state index contributed by atoms with van der Waals surface area (Å²) in [6.07, 6.45) is 3.20. The lowest BCUT2D eigenvalue weighted by molar-refractivity contribution is 0.0951. The molecule has 0 radical (unpaired) electrons.